The Balaban J connectivity index is 1.57. The Kier molecular flexibility index (Phi) is 4.66. The van der Waals surface area contributed by atoms with Gasteiger partial charge in [-0.05, 0) is 31.3 Å². The Hall–Kier alpha value is -3.46. The Labute approximate surface area is 160 Å². The predicted molar refractivity (Wildman–Crippen MR) is 107 cm³/mol. The first-order chi connectivity index (χ1) is 13.5. The minimum absolute atomic E-state index is 0.0783. The zero-order chi connectivity index (χ0) is 19.7. The lowest BCUT2D eigenvalue weighted by atomic mass is 10.2. The highest BCUT2D eigenvalue weighted by molar-refractivity contribution is 6.01. The van der Waals surface area contributed by atoms with Crippen molar-refractivity contribution in [1.82, 2.24) is 19.9 Å². The Bertz CT molecular complexity index is 1070. The smallest absolute Gasteiger partial charge is 0.339 e. The molecule has 4 rings (SSSR count). The van der Waals surface area contributed by atoms with Crippen molar-refractivity contribution in [2.45, 2.75) is 0 Å². The average molecular weight is 380 g/mol. The molecule has 2 aromatic heterocycles. The molecule has 1 saturated heterocycles. The number of hydrogen-bond donors (Lipinski definition) is 3. The lowest BCUT2D eigenvalue weighted by Gasteiger charge is -2.34. The molecule has 0 atom stereocenters. The SMILES string of the molecule is CN1CCN(c2ccc(Nc3ncc4c(=O)[nH]cc(C(=O)O)c4n3)cc2)CC1. The molecule has 144 valence electrons. The molecule has 0 saturated carbocycles. The maximum absolute atomic E-state index is 11.9. The van der Waals surface area contributed by atoms with Crippen LogP contribution in [0.5, 0.6) is 0 Å². The summed E-state index contributed by atoms with van der Waals surface area (Å²) in [6.45, 7) is 4.05. The van der Waals surface area contributed by atoms with Crippen molar-refractivity contribution in [3.8, 4) is 0 Å². The summed E-state index contributed by atoms with van der Waals surface area (Å²) < 4.78 is 0. The molecule has 1 aliphatic rings. The predicted octanol–water partition coefficient (Wildman–Crippen LogP) is 1.51. The molecule has 3 aromatic rings. The van der Waals surface area contributed by atoms with E-state index in [4.69, 9.17) is 0 Å². The average Bonchev–Trinajstić information content (AvgIpc) is 2.69. The van der Waals surface area contributed by atoms with Gasteiger partial charge in [0.05, 0.1) is 10.9 Å². The molecule has 0 aliphatic carbocycles. The van der Waals surface area contributed by atoms with Crippen molar-refractivity contribution in [3.63, 3.8) is 0 Å². The van der Waals surface area contributed by atoms with Crippen LogP contribution in [0.4, 0.5) is 17.3 Å². The first-order valence-corrected chi connectivity index (χ1v) is 8.93. The van der Waals surface area contributed by atoms with Crippen LogP contribution in [0.2, 0.25) is 0 Å². The molecular formula is C19H20N6O3. The van der Waals surface area contributed by atoms with Crippen LogP contribution in [-0.4, -0.2) is 64.2 Å². The molecule has 1 fully saturated rings. The number of rotatable bonds is 4. The van der Waals surface area contributed by atoms with Crippen molar-refractivity contribution >= 4 is 34.2 Å². The number of aromatic nitrogens is 3. The highest BCUT2D eigenvalue weighted by Gasteiger charge is 2.15. The quantitative estimate of drug-likeness (QED) is 0.624. The number of likely N-dealkylation sites (N-methyl/N-ethyl adjacent to an activating group) is 1. The first kappa shape index (κ1) is 17.9. The molecule has 0 bridgehead atoms. The number of anilines is 3. The highest BCUT2D eigenvalue weighted by Crippen LogP contribution is 2.22. The number of aromatic amines is 1. The van der Waals surface area contributed by atoms with E-state index in [2.05, 4.69) is 37.1 Å². The molecule has 1 aromatic carbocycles. The first-order valence-electron chi connectivity index (χ1n) is 8.93. The Morgan fingerprint density at radius 3 is 2.57 bits per heavy atom. The Morgan fingerprint density at radius 1 is 1.18 bits per heavy atom. The third kappa shape index (κ3) is 3.52. The number of nitrogens with one attached hydrogen (secondary N) is 2. The molecule has 0 unspecified atom stereocenters. The largest absolute Gasteiger partial charge is 0.478 e. The van der Waals surface area contributed by atoms with Crippen molar-refractivity contribution in [2.75, 3.05) is 43.4 Å². The van der Waals surface area contributed by atoms with Gasteiger partial charge in [-0.2, -0.15) is 0 Å². The van der Waals surface area contributed by atoms with E-state index < -0.39 is 11.5 Å². The van der Waals surface area contributed by atoms with Crippen LogP contribution in [0.25, 0.3) is 10.9 Å². The van der Waals surface area contributed by atoms with Gasteiger partial charge in [0.2, 0.25) is 5.95 Å². The van der Waals surface area contributed by atoms with Crippen LogP contribution in [0, 0.1) is 0 Å². The zero-order valence-corrected chi connectivity index (χ0v) is 15.3. The molecule has 0 amide bonds. The number of carboxylic acid groups (broad SMARTS) is 1. The maximum Gasteiger partial charge on any atom is 0.339 e. The Morgan fingerprint density at radius 2 is 1.89 bits per heavy atom. The molecule has 1 aliphatic heterocycles. The lowest BCUT2D eigenvalue weighted by molar-refractivity contribution is 0.0698. The number of fused-ring (bicyclic) bond motifs is 1. The van der Waals surface area contributed by atoms with Crippen molar-refractivity contribution in [2.24, 2.45) is 0 Å². The fraction of sp³-hybridized carbons (Fsp3) is 0.263. The summed E-state index contributed by atoms with van der Waals surface area (Å²) in [5.74, 6) is -0.935. The lowest BCUT2D eigenvalue weighted by Crippen LogP contribution is -2.44. The summed E-state index contributed by atoms with van der Waals surface area (Å²) in [5.41, 5.74) is 1.52. The van der Waals surface area contributed by atoms with Crippen LogP contribution in [0.3, 0.4) is 0 Å². The standard InChI is InChI=1S/C19H20N6O3/c1-24-6-8-25(9-7-24)13-4-2-12(3-5-13)22-19-21-10-14-16(23-19)15(18(27)28)11-20-17(14)26/h2-5,10-11H,6-9H2,1H3,(H,20,26)(H,27,28)(H,21,22,23). The monoisotopic (exact) mass is 380 g/mol. The van der Waals surface area contributed by atoms with E-state index in [0.717, 1.165) is 43.8 Å². The van der Waals surface area contributed by atoms with Gasteiger partial charge in [0, 0.05) is 49.9 Å². The molecule has 28 heavy (non-hydrogen) atoms. The maximum atomic E-state index is 11.9. The fourth-order valence-electron chi connectivity index (χ4n) is 3.21. The minimum Gasteiger partial charge on any atom is -0.478 e. The molecule has 3 heterocycles. The summed E-state index contributed by atoms with van der Waals surface area (Å²) >= 11 is 0. The molecular weight excluding hydrogens is 360 g/mol. The van der Waals surface area contributed by atoms with Crippen LogP contribution < -0.4 is 15.8 Å². The van der Waals surface area contributed by atoms with Crippen molar-refractivity contribution < 1.29 is 9.90 Å². The second-order valence-corrected chi connectivity index (χ2v) is 6.75. The molecule has 3 N–H and O–H groups in total. The van der Waals surface area contributed by atoms with Crippen LogP contribution >= 0.6 is 0 Å². The van der Waals surface area contributed by atoms with E-state index in [-0.39, 0.29) is 22.4 Å². The van der Waals surface area contributed by atoms with Gasteiger partial charge in [-0.3, -0.25) is 4.79 Å². The van der Waals surface area contributed by atoms with Crippen LogP contribution in [0.15, 0.2) is 41.5 Å². The van der Waals surface area contributed by atoms with E-state index in [1.54, 1.807) is 0 Å². The number of piperazine rings is 1. The summed E-state index contributed by atoms with van der Waals surface area (Å²) in [5, 5.41) is 12.5. The number of pyridine rings is 1. The number of nitrogens with zero attached hydrogens (tertiary/aromatic N) is 4. The summed E-state index contributed by atoms with van der Waals surface area (Å²) in [6, 6.07) is 7.92. The van der Waals surface area contributed by atoms with Crippen LogP contribution in [-0.2, 0) is 0 Å². The number of carbonyl (C=O) groups is 1. The van der Waals surface area contributed by atoms with Gasteiger partial charge in [0.1, 0.15) is 5.56 Å². The number of benzene rings is 1. The van der Waals surface area contributed by atoms with E-state index in [9.17, 15) is 14.7 Å². The molecule has 9 heteroatoms. The van der Waals surface area contributed by atoms with Crippen LogP contribution in [0.1, 0.15) is 10.4 Å². The van der Waals surface area contributed by atoms with Gasteiger partial charge < -0.3 is 25.2 Å². The van der Waals surface area contributed by atoms with Gasteiger partial charge in [-0.15, -0.1) is 0 Å². The number of carboxylic acids is 1. The topological polar surface area (TPSA) is 114 Å². The second-order valence-electron chi connectivity index (χ2n) is 6.75. The molecule has 9 nitrogen and oxygen atoms in total. The van der Waals surface area contributed by atoms with Gasteiger partial charge in [-0.1, -0.05) is 0 Å². The minimum atomic E-state index is -1.16. The molecule has 0 spiro atoms. The number of aromatic carboxylic acids is 1. The molecule has 0 radical (unpaired) electrons. The summed E-state index contributed by atoms with van der Waals surface area (Å²) in [7, 11) is 2.12. The van der Waals surface area contributed by atoms with Crippen molar-refractivity contribution in [1.29, 1.82) is 0 Å². The highest BCUT2D eigenvalue weighted by atomic mass is 16.4. The summed E-state index contributed by atoms with van der Waals surface area (Å²) in [4.78, 5) is 38.7. The zero-order valence-electron chi connectivity index (χ0n) is 15.3. The normalized spacial score (nSPS) is 15.0. The van der Waals surface area contributed by atoms with Gasteiger partial charge >= 0.3 is 5.97 Å². The van der Waals surface area contributed by atoms with E-state index in [1.165, 1.54) is 6.20 Å². The second kappa shape index (κ2) is 7.28. The van der Waals surface area contributed by atoms with Crippen molar-refractivity contribution in [3.05, 3.63) is 52.6 Å². The summed E-state index contributed by atoms with van der Waals surface area (Å²) in [6.07, 6.45) is 2.48. The van der Waals surface area contributed by atoms with Gasteiger partial charge in [-0.25, -0.2) is 14.8 Å². The third-order valence-corrected chi connectivity index (χ3v) is 4.86. The van der Waals surface area contributed by atoms with Gasteiger partial charge in [0.25, 0.3) is 5.56 Å². The van der Waals surface area contributed by atoms with E-state index in [1.807, 2.05) is 24.3 Å². The number of hydrogen-bond acceptors (Lipinski definition) is 7. The number of H-pyrrole nitrogens is 1. The fourth-order valence-corrected chi connectivity index (χ4v) is 3.21. The van der Waals surface area contributed by atoms with E-state index >= 15 is 0 Å². The third-order valence-electron chi connectivity index (χ3n) is 4.86. The van der Waals surface area contributed by atoms with Gasteiger partial charge in [0.15, 0.2) is 0 Å². The van der Waals surface area contributed by atoms with E-state index in [0.29, 0.717) is 0 Å².